The Hall–Kier alpha value is -3.18. The topological polar surface area (TPSA) is 45.5 Å². The summed E-state index contributed by atoms with van der Waals surface area (Å²) in [4.78, 5) is 4.86. The SMILES string of the molecule is COc1ccc(Cc2nc3ccccc3n2CCOc2ccccc2Cl)cc1OC. The number of imidazole rings is 1. The molecular weight excluding hydrogens is 400 g/mol. The lowest BCUT2D eigenvalue weighted by molar-refractivity contribution is 0.298. The van der Waals surface area contributed by atoms with E-state index < -0.39 is 0 Å². The highest BCUT2D eigenvalue weighted by atomic mass is 35.5. The average Bonchev–Trinajstić information content (AvgIpc) is 3.12. The minimum absolute atomic E-state index is 0.489. The highest BCUT2D eigenvalue weighted by molar-refractivity contribution is 6.32. The molecule has 30 heavy (non-hydrogen) atoms. The number of para-hydroxylation sites is 3. The van der Waals surface area contributed by atoms with Crippen molar-refractivity contribution in [2.24, 2.45) is 0 Å². The lowest BCUT2D eigenvalue weighted by atomic mass is 10.1. The molecule has 0 atom stereocenters. The molecular formula is C24H23ClN2O3. The molecule has 4 rings (SSSR count). The van der Waals surface area contributed by atoms with Gasteiger partial charge in [-0.15, -0.1) is 0 Å². The minimum atomic E-state index is 0.489. The lowest BCUT2D eigenvalue weighted by Crippen LogP contribution is -2.12. The summed E-state index contributed by atoms with van der Waals surface area (Å²) in [6, 6.07) is 21.6. The van der Waals surface area contributed by atoms with Crippen LogP contribution in [0.2, 0.25) is 5.02 Å². The Balaban J connectivity index is 1.59. The van der Waals surface area contributed by atoms with E-state index in [9.17, 15) is 0 Å². The Kier molecular flexibility index (Phi) is 6.10. The van der Waals surface area contributed by atoms with Crippen molar-refractivity contribution in [2.45, 2.75) is 13.0 Å². The third kappa shape index (κ3) is 4.21. The largest absolute Gasteiger partial charge is 0.493 e. The van der Waals surface area contributed by atoms with Gasteiger partial charge in [-0.2, -0.15) is 0 Å². The second-order valence-corrected chi connectivity index (χ2v) is 7.22. The van der Waals surface area contributed by atoms with Crippen LogP contribution >= 0.6 is 11.6 Å². The van der Waals surface area contributed by atoms with E-state index >= 15 is 0 Å². The van der Waals surface area contributed by atoms with Crippen molar-refractivity contribution in [1.82, 2.24) is 9.55 Å². The molecule has 6 heteroatoms. The van der Waals surface area contributed by atoms with Crippen LogP contribution in [0.5, 0.6) is 17.2 Å². The zero-order chi connectivity index (χ0) is 20.9. The molecule has 0 amide bonds. The normalized spacial score (nSPS) is 10.9. The number of nitrogens with zero attached hydrogens (tertiary/aromatic N) is 2. The molecule has 0 bridgehead atoms. The first-order chi connectivity index (χ1) is 14.7. The van der Waals surface area contributed by atoms with Gasteiger partial charge >= 0.3 is 0 Å². The fourth-order valence-corrected chi connectivity index (χ4v) is 3.68. The predicted octanol–water partition coefficient (Wildman–Crippen LogP) is 5.38. The van der Waals surface area contributed by atoms with Crippen LogP contribution in [0.15, 0.2) is 66.7 Å². The third-order valence-electron chi connectivity index (χ3n) is 4.95. The van der Waals surface area contributed by atoms with Crippen LogP contribution in [0.25, 0.3) is 11.0 Å². The molecule has 0 aliphatic carbocycles. The standard InChI is InChI=1S/C24H23ClN2O3/c1-28-22-12-11-17(15-23(22)29-2)16-24-26-19-8-4-5-9-20(19)27(24)13-14-30-21-10-6-3-7-18(21)25/h3-12,15H,13-14,16H2,1-2H3. The average molecular weight is 423 g/mol. The second-order valence-electron chi connectivity index (χ2n) is 6.81. The highest BCUT2D eigenvalue weighted by Crippen LogP contribution is 2.29. The maximum Gasteiger partial charge on any atom is 0.161 e. The number of hydrogen-bond donors (Lipinski definition) is 0. The number of methoxy groups -OCH3 is 2. The summed E-state index contributed by atoms with van der Waals surface area (Å²) >= 11 is 6.21. The van der Waals surface area contributed by atoms with Crippen molar-refractivity contribution in [2.75, 3.05) is 20.8 Å². The molecule has 0 unspecified atom stereocenters. The molecule has 0 N–H and O–H groups in total. The number of fused-ring (bicyclic) bond motifs is 1. The summed E-state index contributed by atoms with van der Waals surface area (Å²) in [5, 5.41) is 0.610. The van der Waals surface area contributed by atoms with Gasteiger partial charge in [-0.1, -0.05) is 41.9 Å². The first-order valence-corrected chi connectivity index (χ1v) is 10.1. The number of aromatic nitrogens is 2. The van der Waals surface area contributed by atoms with Gasteiger partial charge in [-0.05, 0) is 42.0 Å². The number of hydrogen-bond acceptors (Lipinski definition) is 4. The fraction of sp³-hybridized carbons (Fsp3) is 0.208. The molecule has 0 aliphatic heterocycles. The van der Waals surface area contributed by atoms with Crippen molar-refractivity contribution in [3.05, 3.63) is 83.1 Å². The summed E-state index contributed by atoms with van der Waals surface area (Å²) in [6.45, 7) is 1.15. The predicted molar refractivity (Wildman–Crippen MR) is 119 cm³/mol. The Morgan fingerprint density at radius 2 is 1.63 bits per heavy atom. The van der Waals surface area contributed by atoms with Gasteiger partial charge in [0.2, 0.25) is 0 Å². The summed E-state index contributed by atoms with van der Waals surface area (Å²) in [5.74, 6) is 3.07. The van der Waals surface area contributed by atoms with Crippen molar-refractivity contribution in [3.8, 4) is 17.2 Å². The van der Waals surface area contributed by atoms with Gasteiger partial charge in [0.1, 0.15) is 18.2 Å². The maximum atomic E-state index is 6.21. The van der Waals surface area contributed by atoms with Crippen LogP contribution in [0, 0.1) is 0 Å². The van der Waals surface area contributed by atoms with E-state index in [1.54, 1.807) is 14.2 Å². The number of rotatable bonds is 8. The Morgan fingerprint density at radius 3 is 2.43 bits per heavy atom. The van der Waals surface area contributed by atoms with Gasteiger partial charge < -0.3 is 18.8 Å². The summed E-state index contributed by atoms with van der Waals surface area (Å²) in [7, 11) is 3.28. The smallest absolute Gasteiger partial charge is 0.161 e. The van der Waals surface area contributed by atoms with Crippen LogP contribution in [-0.4, -0.2) is 30.4 Å². The van der Waals surface area contributed by atoms with Gasteiger partial charge in [-0.25, -0.2) is 4.98 Å². The molecule has 1 aromatic heterocycles. The number of benzene rings is 3. The highest BCUT2D eigenvalue weighted by Gasteiger charge is 2.13. The van der Waals surface area contributed by atoms with Gasteiger partial charge in [0.15, 0.2) is 11.5 Å². The van der Waals surface area contributed by atoms with Crippen molar-refractivity contribution >= 4 is 22.6 Å². The van der Waals surface area contributed by atoms with Crippen LogP contribution in [0.3, 0.4) is 0 Å². The van der Waals surface area contributed by atoms with Gasteiger partial charge in [0.05, 0.1) is 36.8 Å². The molecule has 3 aromatic carbocycles. The van der Waals surface area contributed by atoms with E-state index in [4.69, 9.17) is 30.8 Å². The first-order valence-electron chi connectivity index (χ1n) is 9.72. The van der Waals surface area contributed by atoms with E-state index in [2.05, 4.69) is 10.6 Å². The van der Waals surface area contributed by atoms with Crippen molar-refractivity contribution < 1.29 is 14.2 Å². The molecule has 5 nitrogen and oxygen atoms in total. The summed E-state index contributed by atoms with van der Waals surface area (Å²) < 4.78 is 18.9. The lowest BCUT2D eigenvalue weighted by Gasteiger charge is -2.13. The van der Waals surface area contributed by atoms with E-state index in [0.717, 1.165) is 22.4 Å². The van der Waals surface area contributed by atoms with Gasteiger partial charge in [0.25, 0.3) is 0 Å². The molecule has 4 aromatic rings. The van der Waals surface area contributed by atoms with Gasteiger partial charge in [0, 0.05) is 6.42 Å². The quantitative estimate of drug-likeness (QED) is 0.382. The maximum absolute atomic E-state index is 6.21. The zero-order valence-electron chi connectivity index (χ0n) is 17.0. The number of ether oxygens (including phenoxy) is 3. The van der Waals surface area contributed by atoms with Crippen LogP contribution in [-0.2, 0) is 13.0 Å². The Labute approximate surface area is 180 Å². The van der Waals surface area contributed by atoms with Crippen LogP contribution < -0.4 is 14.2 Å². The van der Waals surface area contributed by atoms with Crippen LogP contribution in [0.4, 0.5) is 0 Å². The van der Waals surface area contributed by atoms with E-state index in [1.165, 1.54) is 0 Å². The van der Waals surface area contributed by atoms with Crippen molar-refractivity contribution in [3.63, 3.8) is 0 Å². The summed E-state index contributed by atoms with van der Waals surface area (Å²) in [6.07, 6.45) is 0.668. The van der Waals surface area contributed by atoms with Crippen molar-refractivity contribution in [1.29, 1.82) is 0 Å². The van der Waals surface area contributed by atoms with Crippen LogP contribution in [0.1, 0.15) is 11.4 Å². The van der Waals surface area contributed by atoms with E-state index in [0.29, 0.717) is 41.8 Å². The molecule has 0 radical (unpaired) electrons. The van der Waals surface area contributed by atoms with E-state index in [1.807, 2.05) is 60.7 Å². The molecule has 1 heterocycles. The Morgan fingerprint density at radius 1 is 0.867 bits per heavy atom. The Bertz CT molecular complexity index is 1160. The summed E-state index contributed by atoms with van der Waals surface area (Å²) in [5.41, 5.74) is 3.14. The third-order valence-corrected chi connectivity index (χ3v) is 5.27. The fourth-order valence-electron chi connectivity index (χ4n) is 3.49. The van der Waals surface area contributed by atoms with Gasteiger partial charge in [-0.3, -0.25) is 0 Å². The molecule has 0 fully saturated rings. The monoisotopic (exact) mass is 422 g/mol. The molecule has 154 valence electrons. The number of halogens is 1. The van der Waals surface area contributed by atoms with E-state index in [-0.39, 0.29) is 0 Å². The molecule has 0 spiro atoms. The molecule has 0 aliphatic rings. The molecule has 0 saturated heterocycles. The molecule has 0 saturated carbocycles. The second kappa shape index (κ2) is 9.09. The zero-order valence-corrected chi connectivity index (χ0v) is 17.7. The first kappa shape index (κ1) is 20.1. The minimum Gasteiger partial charge on any atom is -0.493 e.